The van der Waals surface area contributed by atoms with Gasteiger partial charge >= 0.3 is 0 Å². The number of halogens is 1. The van der Waals surface area contributed by atoms with E-state index in [0.29, 0.717) is 5.95 Å². The average molecular weight is 364 g/mol. The van der Waals surface area contributed by atoms with Crippen LogP contribution in [0.25, 0.3) is 10.2 Å². The van der Waals surface area contributed by atoms with E-state index in [1.165, 1.54) is 4.88 Å². The molecule has 2 aromatic heterocycles. The molecule has 0 radical (unpaired) electrons. The van der Waals surface area contributed by atoms with E-state index < -0.39 is 0 Å². The van der Waals surface area contributed by atoms with Gasteiger partial charge in [-0.2, -0.15) is 4.98 Å². The van der Waals surface area contributed by atoms with Crippen molar-refractivity contribution in [1.82, 2.24) is 9.97 Å². The Morgan fingerprint density at radius 3 is 2.76 bits per heavy atom. The molecule has 0 bridgehead atoms. The molecule has 0 spiro atoms. The molecule has 0 aliphatic rings. The van der Waals surface area contributed by atoms with E-state index >= 15 is 0 Å². The first-order chi connectivity index (χ1) is 10.1. The first-order valence-electron chi connectivity index (χ1n) is 6.35. The van der Waals surface area contributed by atoms with E-state index in [1.54, 1.807) is 11.3 Å². The predicted molar refractivity (Wildman–Crippen MR) is 92.1 cm³/mol. The fourth-order valence-electron chi connectivity index (χ4n) is 2.06. The number of nitrogens with zero attached hydrogens (tertiary/aromatic N) is 2. The number of hydrogen-bond donors (Lipinski definition) is 3. The Morgan fingerprint density at radius 1 is 1.19 bits per heavy atom. The first-order valence-corrected chi connectivity index (χ1v) is 7.96. The quantitative estimate of drug-likeness (QED) is 0.482. The molecule has 0 unspecified atom stereocenters. The summed E-state index contributed by atoms with van der Waals surface area (Å²) in [6.45, 7) is 4.10. The Morgan fingerprint density at radius 2 is 2.00 bits per heavy atom. The van der Waals surface area contributed by atoms with E-state index in [1.807, 2.05) is 25.1 Å². The van der Waals surface area contributed by atoms with Gasteiger partial charge in [-0.25, -0.2) is 10.8 Å². The first kappa shape index (κ1) is 14.2. The number of hydrogen-bond acceptors (Lipinski definition) is 6. The number of anilines is 3. The summed E-state index contributed by atoms with van der Waals surface area (Å²) in [6.07, 6.45) is 0. The molecule has 1 aromatic carbocycles. The van der Waals surface area contributed by atoms with Crippen molar-refractivity contribution in [3.8, 4) is 0 Å². The van der Waals surface area contributed by atoms with Crippen LogP contribution in [0.2, 0.25) is 0 Å². The molecule has 3 aromatic rings. The topological polar surface area (TPSA) is 75.9 Å². The number of aryl methyl sites for hydroxylation is 2. The van der Waals surface area contributed by atoms with Gasteiger partial charge in [0.15, 0.2) is 0 Å². The molecule has 0 aliphatic carbocycles. The van der Waals surface area contributed by atoms with Crippen LogP contribution in [0.1, 0.15) is 10.4 Å². The van der Waals surface area contributed by atoms with Crippen LogP contribution < -0.4 is 16.6 Å². The Kier molecular flexibility index (Phi) is 3.79. The fourth-order valence-corrected chi connectivity index (χ4v) is 3.30. The van der Waals surface area contributed by atoms with Crippen molar-refractivity contribution in [3.05, 3.63) is 39.2 Å². The minimum Gasteiger partial charge on any atom is -0.339 e. The molecule has 2 heterocycles. The minimum atomic E-state index is 0.402. The van der Waals surface area contributed by atoms with Crippen LogP contribution in [0, 0.1) is 13.8 Å². The van der Waals surface area contributed by atoms with Gasteiger partial charge in [0.25, 0.3) is 0 Å². The molecule has 3 rings (SSSR count). The number of rotatable bonds is 3. The van der Waals surface area contributed by atoms with Gasteiger partial charge in [-0.15, -0.1) is 11.3 Å². The Labute approximate surface area is 134 Å². The molecular formula is C14H14BrN5S. The van der Waals surface area contributed by atoms with Crippen molar-refractivity contribution in [3.63, 3.8) is 0 Å². The minimum absolute atomic E-state index is 0.402. The molecule has 108 valence electrons. The predicted octanol–water partition coefficient (Wildman–Crippen LogP) is 4.10. The lowest BCUT2D eigenvalue weighted by molar-refractivity contribution is 1.16. The molecule has 0 atom stereocenters. The van der Waals surface area contributed by atoms with Crippen LogP contribution in [-0.2, 0) is 0 Å². The number of nitrogens with two attached hydrogens (primary N) is 1. The number of nitrogen functional groups attached to an aromatic ring is 1. The standard InChI is InChI=1S/C14H14BrN5S/c1-7-3-4-9(15)6-11(7)17-12-10-5-8(2)21-13(10)19-14(18-12)20-16/h3-6H,16H2,1-2H3,(H2,17,18,19,20). The third-order valence-electron chi connectivity index (χ3n) is 3.10. The maximum absolute atomic E-state index is 5.46. The zero-order valence-electron chi connectivity index (χ0n) is 11.6. The van der Waals surface area contributed by atoms with Crippen molar-refractivity contribution in [2.75, 3.05) is 10.7 Å². The number of fused-ring (bicyclic) bond motifs is 1. The van der Waals surface area contributed by atoms with Crippen LogP contribution in [-0.4, -0.2) is 9.97 Å². The van der Waals surface area contributed by atoms with Crippen molar-refractivity contribution in [2.45, 2.75) is 13.8 Å². The van der Waals surface area contributed by atoms with Crippen LogP contribution in [0.4, 0.5) is 17.5 Å². The summed E-state index contributed by atoms with van der Waals surface area (Å²) in [5, 5.41) is 4.37. The largest absolute Gasteiger partial charge is 0.339 e. The van der Waals surface area contributed by atoms with Gasteiger partial charge in [0.05, 0.1) is 5.39 Å². The highest BCUT2D eigenvalue weighted by Crippen LogP contribution is 2.32. The molecule has 0 saturated heterocycles. The molecule has 7 heteroatoms. The number of nitrogens with one attached hydrogen (secondary N) is 2. The molecule has 0 amide bonds. The molecule has 0 aliphatic heterocycles. The summed E-state index contributed by atoms with van der Waals surface area (Å²) in [5.41, 5.74) is 4.65. The Hall–Kier alpha value is -1.70. The number of aromatic nitrogens is 2. The van der Waals surface area contributed by atoms with Crippen LogP contribution in [0.3, 0.4) is 0 Å². The fraction of sp³-hybridized carbons (Fsp3) is 0.143. The summed E-state index contributed by atoms with van der Waals surface area (Å²) in [5.74, 6) is 6.61. The van der Waals surface area contributed by atoms with Crippen molar-refractivity contribution in [1.29, 1.82) is 0 Å². The van der Waals surface area contributed by atoms with E-state index in [4.69, 9.17) is 5.84 Å². The third-order valence-corrected chi connectivity index (χ3v) is 4.54. The van der Waals surface area contributed by atoms with Crippen molar-refractivity contribution >= 4 is 54.9 Å². The maximum atomic E-state index is 5.46. The SMILES string of the molecule is Cc1cc2c(Nc3cc(Br)ccc3C)nc(NN)nc2s1. The van der Waals surface area contributed by atoms with Crippen molar-refractivity contribution < 1.29 is 0 Å². The molecule has 0 fully saturated rings. The van der Waals surface area contributed by atoms with Gasteiger partial charge in [-0.3, -0.25) is 5.43 Å². The van der Waals surface area contributed by atoms with Gasteiger partial charge in [-0.05, 0) is 37.6 Å². The summed E-state index contributed by atoms with van der Waals surface area (Å²) in [6, 6.07) is 8.16. The smallest absolute Gasteiger partial charge is 0.240 e. The Bertz CT molecular complexity index is 814. The molecule has 21 heavy (non-hydrogen) atoms. The second-order valence-electron chi connectivity index (χ2n) is 4.70. The third kappa shape index (κ3) is 2.85. The lowest BCUT2D eigenvalue weighted by Crippen LogP contribution is -2.11. The lowest BCUT2D eigenvalue weighted by atomic mass is 10.2. The number of hydrazine groups is 1. The highest BCUT2D eigenvalue weighted by Gasteiger charge is 2.11. The zero-order chi connectivity index (χ0) is 15.0. The van der Waals surface area contributed by atoms with Gasteiger partial charge in [-0.1, -0.05) is 22.0 Å². The molecule has 0 saturated carbocycles. The van der Waals surface area contributed by atoms with Gasteiger partial charge in [0, 0.05) is 15.0 Å². The second-order valence-corrected chi connectivity index (χ2v) is 6.85. The summed E-state index contributed by atoms with van der Waals surface area (Å²) >= 11 is 5.11. The van der Waals surface area contributed by atoms with Crippen LogP contribution in [0.15, 0.2) is 28.7 Å². The lowest BCUT2D eigenvalue weighted by Gasteiger charge is -2.11. The summed E-state index contributed by atoms with van der Waals surface area (Å²) < 4.78 is 1.01. The van der Waals surface area contributed by atoms with E-state index in [9.17, 15) is 0 Å². The van der Waals surface area contributed by atoms with Crippen LogP contribution in [0.5, 0.6) is 0 Å². The van der Waals surface area contributed by atoms with E-state index in [0.717, 1.165) is 31.8 Å². The van der Waals surface area contributed by atoms with Gasteiger partial charge in [0.1, 0.15) is 10.6 Å². The maximum Gasteiger partial charge on any atom is 0.240 e. The van der Waals surface area contributed by atoms with E-state index in [-0.39, 0.29) is 0 Å². The highest BCUT2D eigenvalue weighted by atomic mass is 79.9. The highest BCUT2D eigenvalue weighted by molar-refractivity contribution is 9.10. The average Bonchev–Trinajstić information content (AvgIpc) is 2.83. The molecule has 4 N–H and O–H groups in total. The number of thiophene rings is 1. The molecule has 5 nitrogen and oxygen atoms in total. The zero-order valence-corrected chi connectivity index (χ0v) is 14.0. The number of benzene rings is 1. The van der Waals surface area contributed by atoms with Crippen molar-refractivity contribution in [2.24, 2.45) is 5.84 Å². The van der Waals surface area contributed by atoms with Crippen LogP contribution >= 0.6 is 27.3 Å². The summed E-state index contributed by atoms with van der Waals surface area (Å²) in [7, 11) is 0. The van der Waals surface area contributed by atoms with Gasteiger partial charge < -0.3 is 5.32 Å². The normalized spacial score (nSPS) is 10.9. The monoisotopic (exact) mass is 363 g/mol. The molecular weight excluding hydrogens is 350 g/mol. The second kappa shape index (κ2) is 5.59. The van der Waals surface area contributed by atoms with E-state index in [2.05, 4.69) is 49.6 Å². The summed E-state index contributed by atoms with van der Waals surface area (Å²) in [4.78, 5) is 10.9. The Balaban J connectivity index is 2.12. The van der Waals surface area contributed by atoms with Gasteiger partial charge in [0.2, 0.25) is 5.95 Å².